The second-order valence-electron chi connectivity index (χ2n) is 5.80. The van der Waals surface area contributed by atoms with Crippen molar-refractivity contribution in [3.8, 4) is 5.75 Å². The molecule has 1 saturated heterocycles. The van der Waals surface area contributed by atoms with Crippen molar-refractivity contribution in [1.82, 2.24) is 4.98 Å². The van der Waals surface area contributed by atoms with Gasteiger partial charge in [0.1, 0.15) is 18.2 Å². The molecule has 0 saturated carbocycles. The maximum absolute atomic E-state index is 12.1. The molecule has 5 N–H and O–H groups in total. The number of carbonyl (C=O) groups excluding carboxylic acids is 1. The largest absolute Gasteiger partial charge is 0.488 e. The molecule has 136 valence electrons. The number of nitrogens with zero attached hydrogens (tertiary/aromatic N) is 1. The van der Waals surface area contributed by atoms with E-state index in [0.717, 1.165) is 0 Å². The normalized spacial score (nSPS) is 16.4. The van der Waals surface area contributed by atoms with Gasteiger partial charge in [0.15, 0.2) is 6.10 Å². The van der Waals surface area contributed by atoms with Crippen molar-refractivity contribution in [2.45, 2.75) is 12.5 Å². The molecular formula is C17H18N4O5. The number of hydrogen-bond donors (Lipinski definition) is 4. The molecule has 1 aromatic carbocycles. The van der Waals surface area contributed by atoms with E-state index in [-0.39, 0.29) is 18.9 Å². The fourth-order valence-corrected chi connectivity index (χ4v) is 2.64. The van der Waals surface area contributed by atoms with Gasteiger partial charge in [0.2, 0.25) is 0 Å². The van der Waals surface area contributed by atoms with E-state index in [9.17, 15) is 9.59 Å². The molecule has 2 aromatic rings. The Labute approximate surface area is 148 Å². The van der Waals surface area contributed by atoms with Crippen molar-refractivity contribution >= 4 is 23.6 Å². The van der Waals surface area contributed by atoms with Crippen LogP contribution in [0.2, 0.25) is 0 Å². The highest BCUT2D eigenvalue weighted by Gasteiger charge is 2.33. The number of aliphatic carboxylic acids is 1. The van der Waals surface area contributed by atoms with E-state index in [1.165, 1.54) is 4.90 Å². The number of aromatic nitrogens is 1. The molecule has 0 radical (unpaired) electrons. The highest BCUT2D eigenvalue weighted by molar-refractivity contribution is 5.96. The summed E-state index contributed by atoms with van der Waals surface area (Å²) in [5.74, 6) is -0.579. The average molecular weight is 358 g/mol. The molecule has 3 rings (SSSR count). The molecular weight excluding hydrogens is 340 g/mol. The third kappa shape index (κ3) is 3.77. The molecule has 1 aliphatic rings. The number of carboxylic acids is 1. The molecule has 1 aromatic heterocycles. The first kappa shape index (κ1) is 17.3. The van der Waals surface area contributed by atoms with Gasteiger partial charge in [-0.05, 0) is 24.3 Å². The van der Waals surface area contributed by atoms with Crippen molar-refractivity contribution in [2.24, 2.45) is 5.73 Å². The van der Waals surface area contributed by atoms with Crippen LogP contribution in [0.3, 0.4) is 0 Å². The number of amides is 1. The minimum Gasteiger partial charge on any atom is -0.488 e. The van der Waals surface area contributed by atoms with Crippen LogP contribution < -0.4 is 15.4 Å². The van der Waals surface area contributed by atoms with Crippen LogP contribution in [0.1, 0.15) is 11.1 Å². The summed E-state index contributed by atoms with van der Waals surface area (Å²) in [6.07, 6.45) is 2.00. The van der Waals surface area contributed by atoms with Crippen LogP contribution in [0.5, 0.6) is 5.75 Å². The second kappa shape index (κ2) is 7.18. The molecule has 9 nitrogen and oxygen atoms in total. The van der Waals surface area contributed by atoms with Gasteiger partial charge in [0.05, 0.1) is 13.0 Å². The summed E-state index contributed by atoms with van der Waals surface area (Å²) in [4.78, 5) is 27.2. The number of nitrogens with two attached hydrogens (primary N) is 1. The third-order valence-electron chi connectivity index (χ3n) is 3.92. The summed E-state index contributed by atoms with van der Waals surface area (Å²) < 4.78 is 10.9. The SMILES string of the molecule is N=C(N)c1ccc(N2CC(COc3c[nH]cc3CC(=O)O)OC2=O)cc1. The van der Waals surface area contributed by atoms with E-state index in [2.05, 4.69) is 4.98 Å². The maximum atomic E-state index is 12.1. The standard InChI is InChI=1S/C17H18N4O5/c18-16(19)10-1-3-12(4-2-10)21-8-13(26-17(21)24)9-25-14-7-20-6-11(14)5-15(22)23/h1-4,6-7,13,20H,5,8-9H2,(H3,18,19)(H,22,23). The monoisotopic (exact) mass is 358 g/mol. The van der Waals surface area contributed by atoms with Gasteiger partial charge < -0.3 is 25.3 Å². The highest BCUT2D eigenvalue weighted by atomic mass is 16.6. The number of ether oxygens (including phenoxy) is 2. The third-order valence-corrected chi connectivity index (χ3v) is 3.92. The molecule has 1 aliphatic heterocycles. The van der Waals surface area contributed by atoms with Crippen LogP contribution in [0.25, 0.3) is 0 Å². The van der Waals surface area contributed by atoms with E-state index in [1.54, 1.807) is 36.7 Å². The average Bonchev–Trinajstić information content (AvgIpc) is 3.18. The number of cyclic esters (lactones) is 1. The van der Waals surface area contributed by atoms with Crippen molar-refractivity contribution in [3.05, 3.63) is 47.8 Å². The molecule has 1 unspecified atom stereocenters. The number of hydrogen-bond acceptors (Lipinski definition) is 5. The predicted octanol–water partition coefficient (Wildman–Crippen LogP) is 1.33. The number of carbonyl (C=O) groups is 2. The first-order valence-electron chi connectivity index (χ1n) is 7.87. The Morgan fingerprint density at radius 3 is 2.77 bits per heavy atom. The Hall–Kier alpha value is -3.49. The van der Waals surface area contributed by atoms with E-state index < -0.39 is 18.2 Å². The lowest BCUT2D eigenvalue weighted by Gasteiger charge is -2.13. The molecule has 1 fully saturated rings. The lowest BCUT2D eigenvalue weighted by atomic mass is 10.2. The summed E-state index contributed by atoms with van der Waals surface area (Å²) in [5.41, 5.74) is 7.15. The van der Waals surface area contributed by atoms with E-state index >= 15 is 0 Å². The number of benzene rings is 1. The predicted molar refractivity (Wildman–Crippen MR) is 92.7 cm³/mol. The van der Waals surface area contributed by atoms with Gasteiger partial charge in [-0.15, -0.1) is 0 Å². The van der Waals surface area contributed by atoms with E-state index in [4.69, 9.17) is 25.7 Å². The molecule has 1 atom stereocenters. The van der Waals surface area contributed by atoms with E-state index in [1.807, 2.05) is 0 Å². The van der Waals surface area contributed by atoms with Gasteiger partial charge in [-0.3, -0.25) is 15.1 Å². The van der Waals surface area contributed by atoms with Crippen LogP contribution >= 0.6 is 0 Å². The number of rotatable bonds is 7. The summed E-state index contributed by atoms with van der Waals surface area (Å²) in [7, 11) is 0. The summed E-state index contributed by atoms with van der Waals surface area (Å²) in [5, 5.41) is 16.3. The summed E-state index contributed by atoms with van der Waals surface area (Å²) >= 11 is 0. The van der Waals surface area contributed by atoms with Crippen molar-refractivity contribution in [2.75, 3.05) is 18.1 Å². The Balaban J connectivity index is 1.60. The minimum absolute atomic E-state index is 0.0458. The molecule has 2 heterocycles. The van der Waals surface area contributed by atoms with Gasteiger partial charge in [-0.2, -0.15) is 0 Å². The topological polar surface area (TPSA) is 142 Å². The second-order valence-corrected chi connectivity index (χ2v) is 5.80. The number of H-pyrrole nitrogens is 1. The molecule has 0 aliphatic carbocycles. The number of nitrogens with one attached hydrogen (secondary N) is 2. The number of carboxylic acid groups (broad SMARTS) is 1. The maximum Gasteiger partial charge on any atom is 0.414 e. The summed E-state index contributed by atoms with van der Waals surface area (Å²) in [6.45, 7) is 0.412. The zero-order chi connectivity index (χ0) is 18.7. The molecule has 1 amide bonds. The molecule has 26 heavy (non-hydrogen) atoms. The lowest BCUT2D eigenvalue weighted by molar-refractivity contribution is -0.136. The van der Waals surface area contributed by atoms with Gasteiger partial charge >= 0.3 is 12.1 Å². The first-order valence-corrected chi connectivity index (χ1v) is 7.87. The Kier molecular flexibility index (Phi) is 4.78. The van der Waals surface area contributed by atoms with Crippen molar-refractivity contribution in [3.63, 3.8) is 0 Å². The van der Waals surface area contributed by atoms with Crippen molar-refractivity contribution < 1.29 is 24.2 Å². The van der Waals surface area contributed by atoms with Gasteiger partial charge in [0.25, 0.3) is 0 Å². The van der Waals surface area contributed by atoms with Gasteiger partial charge in [0, 0.05) is 29.2 Å². The van der Waals surface area contributed by atoms with Crippen LogP contribution in [-0.4, -0.2) is 47.2 Å². The fraction of sp³-hybridized carbons (Fsp3) is 0.235. The lowest BCUT2D eigenvalue weighted by Crippen LogP contribution is -2.26. The van der Waals surface area contributed by atoms with E-state index in [0.29, 0.717) is 29.1 Å². The Morgan fingerprint density at radius 2 is 2.12 bits per heavy atom. The Morgan fingerprint density at radius 1 is 1.38 bits per heavy atom. The fourth-order valence-electron chi connectivity index (χ4n) is 2.64. The number of nitrogen functional groups attached to an aromatic ring is 1. The van der Waals surface area contributed by atoms with Crippen LogP contribution in [0.15, 0.2) is 36.7 Å². The van der Waals surface area contributed by atoms with Gasteiger partial charge in [-0.1, -0.05) is 0 Å². The van der Waals surface area contributed by atoms with Crippen molar-refractivity contribution in [1.29, 1.82) is 5.41 Å². The van der Waals surface area contributed by atoms with Crippen LogP contribution in [0.4, 0.5) is 10.5 Å². The zero-order valence-corrected chi connectivity index (χ0v) is 13.8. The number of amidine groups is 1. The van der Waals surface area contributed by atoms with Crippen LogP contribution in [-0.2, 0) is 16.0 Å². The smallest absolute Gasteiger partial charge is 0.414 e. The zero-order valence-electron chi connectivity index (χ0n) is 13.8. The highest BCUT2D eigenvalue weighted by Crippen LogP contribution is 2.24. The number of anilines is 1. The number of aromatic amines is 1. The first-order chi connectivity index (χ1) is 12.4. The molecule has 0 bridgehead atoms. The van der Waals surface area contributed by atoms with Gasteiger partial charge in [-0.25, -0.2) is 4.79 Å². The molecule has 0 spiro atoms. The quantitative estimate of drug-likeness (QED) is 0.434. The molecule has 9 heteroatoms. The van der Waals surface area contributed by atoms with Crippen LogP contribution in [0, 0.1) is 5.41 Å². The summed E-state index contributed by atoms with van der Waals surface area (Å²) in [6, 6.07) is 6.70. The Bertz CT molecular complexity index is 830. The minimum atomic E-state index is -0.957.